The lowest BCUT2D eigenvalue weighted by Gasteiger charge is -2.07. The monoisotopic (exact) mass is 371 g/mol. The van der Waals surface area contributed by atoms with E-state index in [4.69, 9.17) is 10.7 Å². The molecule has 9 heteroatoms. The maximum atomic E-state index is 12.9. The van der Waals surface area contributed by atoms with E-state index < -0.39 is 35.5 Å². The molecule has 0 unspecified atom stereocenters. The second kappa shape index (κ2) is 4.42. The number of hydrogen-bond donors (Lipinski definition) is 0. The van der Waals surface area contributed by atoms with Crippen LogP contribution in [0.1, 0.15) is 12.1 Å². The summed E-state index contributed by atoms with van der Waals surface area (Å²) in [6.07, 6.45) is -2.61. The third-order valence-electron chi connectivity index (χ3n) is 1.41. The zero-order valence-corrected chi connectivity index (χ0v) is 10.4. The summed E-state index contributed by atoms with van der Waals surface area (Å²) in [6.45, 7) is 0. The van der Waals surface area contributed by atoms with Crippen LogP contribution in [-0.2, 0) is 9.05 Å². The molecule has 3 nitrogen and oxygen atoms in total. The molecular weight excluding hydrogens is 369 g/mol. The third-order valence-corrected chi connectivity index (χ3v) is 4.19. The summed E-state index contributed by atoms with van der Waals surface area (Å²) in [5, 5.41) is 0. The molecule has 1 aromatic rings. The number of alkyl halides is 2. The second-order valence-corrected chi connectivity index (χ2v) is 5.95. The van der Waals surface area contributed by atoms with E-state index >= 15 is 0 Å². The summed E-state index contributed by atoms with van der Waals surface area (Å²) >= 11 is 1.28. The van der Waals surface area contributed by atoms with Gasteiger partial charge in [0.2, 0.25) is 0 Å². The van der Waals surface area contributed by atoms with E-state index in [1.165, 1.54) is 22.6 Å². The van der Waals surface area contributed by atoms with E-state index in [1.807, 2.05) is 0 Å². The molecule has 1 aromatic heterocycles. The molecule has 0 aromatic carbocycles. The van der Waals surface area contributed by atoms with Gasteiger partial charge >= 0.3 is 0 Å². The molecule has 0 radical (unpaired) electrons. The van der Waals surface area contributed by atoms with Gasteiger partial charge in [0, 0.05) is 10.7 Å². The van der Waals surface area contributed by atoms with Crippen LogP contribution in [0.15, 0.2) is 11.1 Å². The van der Waals surface area contributed by atoms with E-state index in [9.17, 15) is 21.6 Å². The minimum Gasteiger partial charge on any atom is -0.251 e. The lowest BCUT2D eigenvalue weighted by atomic mass is 10.3. The first-order valence-electron chi connectivity index (χ1n) is 3.32. The van der Waals surface area contributed by atoms with E-state index in [1.54, 1.807) is 0 Å². The van der Waals surface area contributed by atoms with Gasteiger partial charge in [0.05, 0.1) is 9.77 Å². The standard InChI is InChI=1S/C6H2ClF3INO2S/c7-15(13,14)5-3(11)2(8)1-12-4(5)6(9)10/h1,6H. The van der Waals surface area contributed by atoms with E-state index in [2.05, 4.69) is 4.98 Å². The van der Waals surface area contributed by atoms with Crippen LogP contribution in [0.25, 0.3) is 0 Å². The summed E-state index contributed by atoms with van der Waals surface area (Å²) in [6, 6.07) is 0. The first kappa shape index (κ1) is 13.0. The van der Waals surface area contributed by atoms with Crippen LogP contribution in [-0.4, -0.2) is 13.4 Å². The fourth-order valence-electron chi connectivity index (χ4n) is 0.850. The number of aromatic nitrogens is 1. The Bertz CT molecular complexity index is 493. The van der Waals surface area contributed by atoms with E-state index in [0.717, 1.165) is 0 Å². The summed E-state index contributed by atoms with van der Waals surface area (Å²) in [7, 11) is 0.463. The van der Waals surface area contributed by atoms with Gasteiger partial charge in [-0.2, -0.15) is 0 Å². The SMILES string of the molecule is O=S(=O)(Cl)c1c(C(F)F)ncc(F)c1I. The molecule has 0 aliphatic carbocycles. The van der Waals surface area contributed by atoms with Crippen LogP contribution in [0.2, 0.25) is 0 Å². The Hall–Kier alpha value is -0.0900. The first-order chi connectivity index (χ1) is 6.75. The lowest BCUT2D eigenvalue weighted by Crippen LogP contribution is -2.06. The summed E-state index contributed by atoms with van der Waals surface area (Å²) in [4.78, 5) is 2.04. The molecule has 0 amide bonds. The van der Waals surface area contributed by atoms with Crippen molar-refractivity contribution in [2.24, 2.45) is 0 Å². The average Bonchev–Trinajstić information content (AvgIpc) is 2.06. The molecule has 0 saturated heterocycles. The highest BCUT2D eigenvalue weighted by atomic mass is 127. The van der Waals surface area contributed by atoms with Crippen molar-refractivity contribution >= 4 is 42.3 Å². The van der Waals surface area contributed by atoms with Gasteiger partial charge in [0.15, 0.2) is 5.82 Å². The van der Waals surface area contributed by atoms with Gasteiger partial charge in [-0.3, -0.25) is 4.98 Å². The van der Waals surface area contributed by atoms with Gasteiger partial charge < -0.3 is 0 Å². The largest absolute Gasteiger partial charge is 0.281 e. The highest BCUT2D eigenvalue weighted by Gasteiger charge is 2.28. The molecule has 0 aliphatic rings. The molecule has 0 spiro atoms. The molecular formula is C6H2ClF3INO2S. The Kier molecular flexibility index (Phi) is 3.82. The quantitative estimate of drug-likeness (QED) is 0.593. The van der Waals surface area contributed by atoms with Crippen molar-refractivity contribution < 1.29 is 21.6 Å². The average molecular weight is 372 g/mol. The van der Waals surface area contributed by atoms with Gasteiger partial charge in [-0.1, -0.05) is 0 Å². The van der Waals surface area contributed by atoms with Crippen molar-refractivity contribution in [3.63, 3.8) is 0 Å². The highest BCUT2D eigenvalue weighted by molar-refractivity contribution is 14.1. The first-order valence-corrected chi connectivity index (χ1v) is 6.70. The number of rotatable bonds is 2. The number of halogens is 5. The zero-order valence-electron chi connectivity index (χ0n) is 6.72. The van der Waals surface area contributed by atoms with Gasteiger partial charge in [-0.05, 0) is 22.6 Å². The Balaban J connectivity index is 3.65. The Morgan fingerprint density at radius 3 is 2.40 bits per heavy atom. The minimum absolute atomic E-state index is 0.493. The molecule has 84 valence electrons. The van der Waals surface area contributed by atoms with Gasteiger partial charge in [-0.15, -0.1) is 0 Å². The maximum Gasteiger partial charge on any atom is 0.281 e. The minimum atomic E-state index is -4.45. The molecule has 1 heterocycles. The lowest BCUT2D eigenvalue weighted by molar-refractivity contribution is 0.142. The van der Waals surface area contributed by atoms with Gasteiger partial charge in [0.1, 0.15) is 10.6 Å². The predicted octanol–water partition coefficient (Wildman–Crippen LogP) is 2.69. The Morgan fingerprint density at radius 1 is 1.47 bits per heavy atom. The van der Waals surface area contributed by atoms with Crippen LogP contribution < -0.4 is 0 Å². The third kappa shape index (κ3) is 2.72. The topological polar surface area (TPSA) is 47.0 Å². The summed E-state index contributed by atoms with van der Waals surface area (Å²) < 4.78 is 59.0. The number of nitrogens with zero attached hydrogens (tertiary/aromatic N) is 1. The van der Waals surface area contributed by atoms with Crippen molar-refractivity contribution in [2.45, 2.75) is 11.3 Å². The number of pyridine rings is 1. The van der Waals surface area contributed by atoms with Crippen LogP contribution in [0, 0.1) is 9.39 Å². The maximum absolute atomic E-state index is 12.9. The van der Waals surface area contributed by atoms with Crippen LogP contribution >= 0.6 is 33.3 Å². The molecule has 0 aliphatic heterocycles. The van der Waals surface area contributed by atoms with Crippen LogP contribution in [0.4, 0.5) is 13.2 Å². The normalized spacial score (nSPS) is 12.1. The molecule has 1 rings (SSSR count). The summed E-state index contributed by atoms with van der Waals surface area (Å²) in [5.74, 6) is -1.01. The Labute approximate surface area is 101 Å². The van der Waals surface area contributed by atoms with Crippen molar-refractivity contribution in [2.75, 3.05) is 0 Å². The van der Waals surface area contributed by atoms with Crippen molar-refractivity contribution in [3.8, 4) is 0 Å². The van der Waals surface area contributed by atoms with Crippen molar-refractivity contribution in [1.82, 2.24) is 4.98 Å². The van der Waals surface area contributed by atoms with Crippen molar-refractivity contribution in [3.05, 3.63) is 21.3 Å². The smallest absolute Gasteiger partial charge is 0.251 e. The van der Waals surface area contributed by atoms with E-state index in [-0.39, 0.29) is 0 Å². The highest BCUT2D eigenvalue weighted by Crippen LogP contribution is 2.31. The van der Waals surface area contributed by atoms with Gasteiger partial charge in [0.25, 0.3) is 15.5 Å². The number of hydrogen-bond acceptors (Lipinski definition) is 3. The molecule has 0 fully saturated rings. The molecule has 0 atom stereocenters. The van der Waals surface area contributed by atoms with Gasteiger partial charge in [-0.25, -0.2) is 21.6 Å². The molecule has 0 saturated carbocycles. The fourth-order valence-corrected chi connectivity index (χ4v) is 3.70. The van der Waals surface area contributed by atoms with E-state index in [0.29, 0.717) is 6.20 Å². The van der Waals surface area contributed by atoms with Crippen molar-refractivity contribution in [1.29, 1.82) is 0 Å². The summed E-state index contributed by atoms with van der Waals surface area (Å²) in [5.41, 5.74) is -1.05. The molecule has 0 N–H and O–H groups in total. The Morgan fingerprint density at radius 2 is 2.00 bits per heavy atom. The second-order valence-electron chi connectivity index (χ2n) is 2.37. The van der Waals surface area contributed by atoms with Crippen LogP contribution in [0.5, 0.6) is 0 Å². The zero-order chi connectivity index (χ0) is 11.8. The molecule has 0 bridgehead atoms. The van der Waals surface area contributed by atoms with Crippen LogP contribution in [0.3, 0.4) is 0 Å². The fraction of sp³-hybridized carbons (Fsp3) is 0.167. The predicted molar refractivity (Wildman–Crippen MR) is 54.9 cm³/mol. The molecule has 15 heavy (non-hydrogen) atoms.